The molecular formula is C23H22ClN3O3S. The van der Waals surface area contributed by atoms with Crippen LogP contribution in [0.5, 0.6) is 0 Å². The maximum absolute atomic E-state index is 13.1. The summed E-state index contributed by atoms with van der Waals surface area (Å²) in [5.74, 6) is 1.79. The van der Waals surface area contributed by atoms with Crippen LogP contribution in [0.4, 0.5) is 0 Å². The molecule has 0 atom stereocenters. The van der Waals surface area contributed by atoms with E-state index in [9.17, 15) is 4.79 Å². The Morgan fingerprint density at radius 3 is 2.81 bits per heavy atom. The molecule has 160 valence electrons. The number of rotatable bonds is 8. The zero-order valence-electron chi connectivity index (χ0n) is 17.3. The molecule has 8 heteroatoms. The minimum Gasteiger partial charge on any atom is -0.441 e. The van der Waals surface area contributed by atoms with E-state index in [2.05, 4.69) is 4.98 Å². The Morgan fingerprint density at radius 2 is 2.00 bits per heavy atom. The van der Waals surface area contributed by atoms with Gasteiger partial charge < -0.3 is 9.15 Å². The van der Waals surface area contributed by atoms with Crippen LogP contribution < -0.4 is 5.56 Å². The molecule has 0 aliphatic rings. The number of hydrogen-bond donors (Lipinski definition) is 0. The Balaban J connectivity index is 1.62. The molecular weight excluding hydrogens is 434 g/mol. The fourth-order valence-electron chi connectivity index (χ4n) is 3.26. The third-order valence-electron chi connectivity index (χ3n) is 4.86. The van der Waals surface area contributed by atoms with E-state index in [0.29, 0.717) is 45.9 Å². The second-order valence-corrected chi connectivity index (χ2v) is 8.41. The van der Waals surface area contributed by atoms with Gasteiger partial charge in [-0.3, -0.25) is 9.36 Å². The number of ether oxygens (including phenoxy) is 1. The number of aryl methyl sites for hydroxylation is 1. The van der Waals surface area contributed by atoms with Crippen LogP contribution in [0.15, 0.2) is 62.9 Å². The van der Waals surface area contributed by atoms with Crippen molar-refractivity contribution in [2.75, 3.05) is 13.7 Å². The molecule has 0 aliphatic heterocycles. The van der Waals surface area contributed by atoms with E-state index < -0.39 is 0 Å². The fraction of sp³-hybridized carbons (Fsp3) is 0.261. The van der Waals surface area contributed by atoms with Gasteiger partial charge in [0.25, 0.3) is 5.56 Å². The molecule has 4 rings (SSSR count). The van der Waals surface area contributed by atoms with Gasteiger partial charge in [0.1, 0.15) is 5.76 Å². The standard InChI is InChI=1S/C23H22ClN3O3S/c1-15-20(25-21(30-15)16-7-5-8-17(24)13-16)14-31-23-26-19-10-4-3-9-18(19)22(28)27(23)11-6-12-29-2/h3-5,7-10,13H,6,11-12,14H2,1-2H3. The first-order valence-electron chi connectivity index (χ1n) is 9.90. The zero-order valence-corrected chi connectivity index (χ0v) is 18.9. The molecule has 2 aromatic carbocycles. The monoisotopic (exact) mass is 455 g/mol. The van der Waals surface area contributed by atoms with E-state index in [-0.39, 0.29) is 5.56 Å². The Hall–Kier alpha value is -2.61. The Bertz CT molecular complexity index is 1270. The lowest BCUT2D eigenvalue weighted by Gasteiger charge is -2.12. The molecule has 0 saturated carbocycles. The first-order valence-corrected chi connectivity index (χ1v) is 11.3. The Kier molecular flexibility index (Phi) is 6.75. The largest absolute Gasteiger partial charge is 0.441 e. The van der Waals surface area contributed by atoms with Crippen molar-refractivity contribution >= 4 is 34.3 Å². The number of benzene rings is 2. The summed E-state index contributed by atoms with van der Waals surface area (Å²) in [4.78, 5) is 22.5. The minimum absolute atomic E-state index is 0.0410. The number of thioether (sulfide) groups is 1. The molecule has 0 spiro atoms. The number of aromatic nitrogens is 3. The van der Waals surface area contributed by atoms with Crippen LogP contribution in [0.3, 0.4) is 0 Å². The predicted molar refractivity (Wildman–Crippen MR) is 124 cm³/mol. The molecule has 0 fully saturated rings. The van der Waals surface area contributed by atoms with E-state index >= 15 is 0 Å². The molecule has 2 heterocycles. The molecule has 0 aliphatic carbocycles. The SMILES string of the molecule is COCCCn1c(SCc2nc(-c3cccc(Cl)c3)oc2C)nc2ccccc2c1=O. The normalized spacial score (nSPS) is 11.3. The molecule has 0 unspecified atom stereocenters. The van der Waals surface area contributed by atoms with Gasteiger partial charge in [-0.25, -0.2) is 9.97 Å². The first kappa shape index (κ1) is 21.6. The molecule has 0 bridgehead atoms. The van der Waals surface area contributed by atoms with Crippen LogP contribution in [0.25, 0.3) is 22.4 Å². The summed E-state index contributed by atoms with van der Waals surface area (Å²) in [5, 5.41) is 1.90. The number of hydrogen-bond acceptors (Lipinski definition) is 6. The summed E-state index contributed by atoms with van der Waals surface area (Å²) in [5.41, 5.74) is 2.29. The lowest BCUT2D eigenvalue weighted by Crippen LogP contribution is -2.24. The quantitative estimate of drug-likeness (QED) is 0.203. The van der Waals surface area contributed by atoms with Gasteiger partial charge in [-0.2, -0.15) is 0 Å². The predicted octanol–water partition coefficient (Wildman–Crippen LogP) is 5.34. The molecule has 4 aromatic rings. The second kappa shape index (κ2) is 9.68. The van der Waals surface area contributed by atoms with Gasteiger partial charge in [-0.1, -0.05) is 41.6 Å². The zero-order chi connectivity index (χ0) is 21.8. The van der Waals surface area contributed by atoms with E-state index in [0.717, 1.165) is 23.4 Å². The number of nitrogens with zero attached hydrogens (tertiary/aromatic N) is 3. The summed E-state index contributed by atoms with van der Waals surface area (Å²) in [6.45, 7) is 3.00. The minimum atomic E-state index is -0.0410. The second-order valence-electron chi connectivity index (χ2n) is 7.04. The van der Waals surface area contributed by atoms with Crippen molar-refractivity contribution in [2.24, 2.45) is 0 Å². The molecule has 0 amide bonds. The van der Waals surface area contributed by atoms with Crippen LogP contribution in [-0.4, -0.2) is 28.3 Å². The van der Waals surface area contributed by atoms with Gasteiger partial charge in [-0.05, 0) is 43.7 Å². The third kappa shape index (κ3) is 4.84. The van der Waals surface area contributed by atoms with Crippen LogP contribution in [0.2, 0.25) is 5.02 Å². The smallest absolute Gasteiger partial charge is 0.262 e. The van der Waals surface area contributed by atoms with Crippen LogP contribution in [0.1, 0.15) is 17.9 Å². The molecule has 2 aromatic heterocycles. The van der Waals surface area contributed by atoms with Crippen molar-refractivity contribution in [3.05, 3.63) is 75.4 Å². The van der Waals surface area contributed by atoms with Crippen molar-refractivity contribution in [1.82, 2.24) is 14.5 Å². The van der Waals surface area contributed by atoms with Crippen LogP contribution >= 0.6 is 23.4 Å². The van der Waals surface area contributed by atoms with Gasteiger partial charge in [0.2, 0.25) is 5.89 Å². The van der Waals surface area contributed by atoms with E-state index in [4.69, 9.17) is 25.7 Å². The van der Waals surface area contributed by atoms with E-state index in [1.54, 1.807) is 11.7 Å². The Labute approximate surface area is 189 Å². The molecule has 31 heavy (non-hydrogen) atoms. The van der Waals surface area contributed by atoms with Crippen LogP contribution in [0, 0.1) is 6.92 Å². The highest BCUT2D eigenvalue weighted by molar-refractivity contribution is 7.98. The summed E-state index contributed by atoms with van der Waals surface area (Å²) >= 11 is 7.57. The van der Waals surface area contributed by atoms with E-state index in [1.165, 1.54) is 11.8 Å². The highest BCUT2D eigenvalue weighted by Gasteiger charge is 2.16. The van der Waals surface area contributed by atoms with Gasteiger partial charge in [0.15, 0.2) is 5.16 Å². The maximum atomic E-state index is 13.1. The summed E-state index contributed by atoms with van der Waals surface area (Å²) in [6, 6.07) is 14.8. The molecule has 0 N–H and O–H groups in total. The third-order valence-corrected chi connectivity index (χ3v) is 6.08. The summed E-state index contributed by atoms with van der Waals surface area (Å²) in [6.07, 6.45) is 0.728. The highest BCUT2D eigenvalue weighted by Crippen LogP contribution is 2.28. The molecule has 0 saturated heterocycles. The van der Waals surface area contributed by atoms with Crippen molar-refractivity contribution in [1.29, 1.82) is 0 Å². The van der Waals surface area contributed by atoms with E-state index in [1.807, 2.05) is 55.5 Å². The average Bonchev–Trinajstić information content (AvgIpc) is 3.15. The van der Waals surface area contributed by atoms with Crippen molar-refractivity contribution in [3.63, 3.8) is 0 Å². The van der Waals surface area contributed by atoms with Crippen molar-refractivity contribution in [3.8, 4) is 11.5 Å². The lowest BCUT2D eigenvalue weighted by molar-refractivity contribution is 0.189. The van der Waals surface area contributed by atoms with Gasteiger partial charge in [-0.15, -0.1) is 0 Å². The average molecular weight is 456 g/mol. The molecule has 0 radical (unpaired) electrons. The lowest BCUT2D eigenvalue weighted by atomic mass is 10.2. The number of halogens is 1. The maximum Gasteiger partial charge on any atom is 0.262 e. The fourth-order valence-corrected chi connectivity index (χ4v) is 4.48. The van der Waals surface area contributed by atoms with Gasteiger partial charge in [0, 0.05) is 36.6 Å². The first-order chi connectivity index (χ1) is 15.1. The number of fused-ring (bicyclic) bond motifs is 1. The van der Waals surface area contributed by atoms with Crippen LogP contribution in [-0.2, 0) is 17.0 Å². The Morgan fingerprint density at radius 1 is 1.16 bits per heavy atom. The van der Waals surface area contributed by atoms with Gasteiger partial charge >= 0.3 is 0 Å². The number of methoxy groups -OCH3 is 1. The summed E-state index contributed by atoms with van der Waals surface area (Å²) < 4.78 is 12.7. The summed E-state index contributed by atoms with van der Waals surface area (Å²) in [7, 11) is 1.65. The molecule has 6 nitrogen and oxygen atoms in total. The number of oxazole rings is 1. The van der Waals surface area contributed by atoms with Crippen molar-refractivity contribution < 1.29 is 9.15 Å². The highest BCUT2D eigenvalue weighted by atomic mass is 35.5. The van der Waals surface area contributed by atoms with Gasteiger partial charge in [0.05, 0.1) is 16.6 Å². The topological polar surface area (TPSA) is 70.2 Å². The number of para-hydroxylation sites is 1. The van der Waals surface area contributed by atoms with Crippen molar-refractivity contribution in [2.45, 2.75) is 30.8 Å².